The van der Waals surface area contributed by atoms with E-state index < -0.39 is 0 Å². The Kier molecular flexibility index (Phi) is 12.0. The van der Waals surface area contributed by atoms with Gasteiger partial charge in [0.05, 0.1) is 6.10 Å². The van der Waals surface area contributed by atoms with Crippen molar-refractivity contribution in [3.8, 4) is 5.75 Å². The van der Waals surface area contributed by atoms with E-state index in [0.717, 1.165) is 37.9 Å². The first kappa shape index (κ1) is 24.8. The van der Waals surface area contributed by atoms with Gasteiger partial charge in [-0.3, -0.25) is 4.79 Å². The van der Waals surface area contributed by atoms with Gasteiger partial charge in [-0.1, -0.05) is 76.8 Å². The van der Waals surface area contributed by atoms with E-state index in [1.165, 1.54) is 56.9 Å². The van der Waals surface area contributed by atoms with Crippen molar-refractivity contribution in [3.05, 3.63) is 29.8 Å². The van der Waals surface area contributed by atoms with Gasteiger partial charge in [-0.05, 0) is 57.2 Å². The summed E-state index contributed by atoms with van der Waals surface area (Å²) in [7, 11) is 0. The van der Waals surface area contributed by atoms with Crippen LogP contribution in [0.3, 0.4) is 0 Å². The average Bonchev–Trinajstić information content (AvgIpc) is 2.73. The molecule has 0 amide bonds. The minimum atomic E-state index is -0.00499. The second-order valence-corrected chi connectivity index (χ2v) is 9.23. The molecular weight excluding hydrogens is 372 g/mol. The number of carbonyl (C=O) groups is 1. The van der Waals surface area contributed by atoms with Crippen LogP contribution in [-0.4, -0.2) is 18.2 Å². The van der Waals surface area contributed by atoms with Crippen LogP contribution in [-0.2, 0) is 9.53 Å². The molecule has 2 rings (SSSR count). The minimum absolute atomic E-state index is 0.00499. The van der Waals surface area contributed by atoms with Crippen molar-refractivity contribution in [2.24, 2.45) is 0 Å². The van der Waals surface area contributed by atoms with Gasteiger partial charge in [-0.25, -0.2) is 0 Å². The van der Waals surface area contributed by atoms with E-state index in [1.807, 2.05) is 26.0 Å². The fourth-order valence-electron chi connectivity index (χ4n) is 4.49. The molecule has 0 aromatic heterocycles. The lowest BCUT2D eigenvalue weighted by atomic mass is 9.81. The molecule has 30 heavy (non-hydrogen) atoms. The lowest BCUT2D eigenvalue weighted by Gasteiger charge is -2.31. The van der Waals surface area contributed by atoms with Crippen molar-refractivity contribution in [3.63, 3.8) is 0 Å². The molecule has 1 aliphatic carbocycles. The van der Waals surface area contributed by atoms with Crippen molar-refractivity contribution in [2.75, 3.05) is 0 Å². The van der Waals surface area contributed by atoms with Gasteiger partial charge in [0, 0.05) is 12.3 Å². The highest BCUT2D eigenvalue weighted by atomic mass is 16.5. The Morgan fingerprint density at radius 1 is 0.900 bits per heavy atom. The SMILES string of the molecule is CCCCCCCCCCCC(=O)OC1CCCCC1c1ccc(OC(C)C)cc1. The lowest BCUT2D eigenvalue weighted by Crippen LogP contribution is -2.28. The highest BCUT2D eigenvalue weighted by Gasteiger charge is 2.29. The van der Waals surface area contributed by atoms with E-state index in [1.54, 1.807) is 0 Å². The van der Waals surface area contributed by atoms with Crippen molar-refractivity contribution in [1.29, 1.82) is 0 Å². The summed E-state index contributed by atoms with van der Waals surface area (Å²) in [6.07, 6.45) is 16.6. The monoisotopic (exact) mass is 416 g/mol. The van der Waals surface area contributed by atoms with E-state index in [9.17, 15) is 4.79 Å². The van der Waals surface area contributed by atoms with Crippen molar-refractivity contribution in [1.82, 2.24) is 0 Å². The summed E-state index contributed by atoms with van der Waals surface area (Å²) in [4.78, 5) is 12.4. The van der Waals surface area contributed by atoms with Crippen LogP contribution in [0, 0.1) is 0 Å². The zero-order valence-corrected chi connectivity index (χ0v) is 19.7. The van der Waals surface area contributed by atoms with E-state index in [4.69, 9.17) is 9.47 Å². The first-order valence-electron chi connectivity index (χ1n) is 12.6. The second-order valence-electron chi connectivity index (χ2n) is 9.23. The number of hydrogen-bond acceptors (Lipinski definition) is 3. The molecule has 3 heteroatoms. The Morgan fingerprint density at radius 3 is 2.13 bits per heavy atom. The maximum atomic E-state index is 12.4. The fourth-order valence-corrected chi connectivity index (χ4v) is 4.49. The van der Waals surface area contributed by atoms with Crippen molar-refractivity contribution >= 4 is 5.97 Å². The molecule has 1 fully saturated rings. The molecule has 0 heterocycles. The predicted molar refractivity (Wildman–Crippen MR) is 125 cm³/mol. The van der Waals surface area contributed by atoms with Crippen molar-refractivity contribution < 1.29 is 14.3 Å². The molecule has 0 spiro atoms. The molecule has 3 nitrogen and oxygen atoms in total. The molecule has 1 aromatic carbocycles. The highest BCUT2D eigenvalue weighted by molar-refractivity contribution is 5.69. The summed E-state index contributed by atoms with van der Waals surface area (Å²) < 4.78 is 11.7. The average molecular weight is 417 g/mol. The molecule has 1 aliphatic rings. The standard InChI is InChI=1S/C27H44O3/c1-4-5-6-7-8-9-10-11-12-17-27(28)30-26-16-14-13-15-25(26)23-18-20-24(21-19-23)29-22(2)3/h18-22,25-26H,4-17H2,1-3H3. The van der Waals surface area contributed by atoms with Crippen LogP contribution in [0.2, 0.25) is 0 Å². The summed E-state index contributed by atoms with van der Waals surface area (Å²) >= 11 is 0. The molecule has 1 saturated carbocycles. The van der Waals surface area contributed by atoms with Gasteiger partial charge in [0.15, 0.2) is 0 Å². The number of unbranched alkanes of at least 4 members (excludes halogenated alkanes) is 8. The Morgan fingerprint density at radius 2 is 1.50 bits per heavy atom. The maximum absolute atomic E-state index is 12.4. The Hall–Kier alpha value is -1.51. The van der Waals surface area contributed by atoms with Crippen LogP contribution >= 0.6 is 0 Å². The third-order valence-corrected chi connectivity index (χ3v) is 6.15. The molecule has 2 unspecified atom stereocenters. The molecular formula is C27H44O3. The lowest BCUT2D eigenvalue weighted by molar-refractivity contribution is -0.151. The van der Waals surface area contributed by atoms with Crippen LogP contribution in [0.5, 0.6) is 5.75 Å². The number of ether oxygens (including phenoxy) is 2. The van der Waals surface area contributed by atoms with Crippen LogP contribution in [0.4, 0.5) is 0 Å². The smallest absolute Gasteiger partial charge is 0.306 e. The largest absolute Gasteiger partial charge is 0.491 e. The van der Waals surface area contributed by atoms with Crippen LogP contribution in [0.1, 0.15) is 122 Å². The topological polar surface area (TPSA) is 35.5 Å². The summed E-state index contributed by atoms with van der Waals surface area (Å²) in [5.41, 5.74) is 1.27. The summed E-state index contributed by atoms with van der Waals surface area (Å²) in [5, 5.41) is 0. The van der Waals surface area contributed by atoms with E-state index >= 15 is 0 Å². The first-order chi connectivity index (χ1) is 14.6. The third kappa shape index (κ3) is 9.53. The molecule has 0 radical (unpaired) electrons. The van der Waals surface area contributed by atoms with Crippen LogP contribution in [0.15, 0.2) is 24.3 Å². The van der Waals surface area contributed by atoms with Gasteiger partial charge in [-0.2, -0.15) is 0 Å². The fraction of sp³-hybridized carbons (Fsp3) is 0.741. The Bertz CT molecular complexity index is 578. The van der Waals surface area contributed by atoms with E-state index in [0.29, 0.717) is 12.3 Å². The van der Waals surface area contributed by atoms with Gasteiger partial charge in [-0.15, -0.1) is 0 Å². The number of rotatable bonds is 14. The molecule has 170 valence electrons. The number of carbonyl (C=O) groups excluding carboxylic acids is 1. The molecule has 0 aliphatic heterocycles. The zero-order valence-electron chi connectivity index (χ0n) is 19.7. The summed E-state index contributed by atoms with van der Waals surface area (Å²) in [6, 6.07) is 8.39. The summed E-state index contributed by atoms with van der Waals surface area (Å²) in [6.45, 7) is 6.34. The first-order valence-corrected chi connectivity index (χ1v) is 12.6. The van der Waals surface area contributed by atoms with Crippen molar-refractivity contribution in [2.45, 2.75) is 129 Å². The highest BCUT2D eigenvalue weighted by Crippen LogP contribution is 2.36. The number of esters is 1. The van der Waals surface area contributed by atoms with E-state index in [-0.39, 0.29) is 18.2 Å². The quantitative estimate of drug-likeness (QED) is 0.228. The Labute approximate surface area is 184 Å². The third-order valence-electron chi connectivity index (χ3n) is 6.15. The molecule has 1 aromatic rings. The van der Waals surface area contributed by atoms with Gasteiger partial charge < -0.3 is 9.47 Å². The van der Waals surface area contributed by atoms with Crippen LogP contribution in [0.25, 0.3) is 0 Å². The molecule has 2 atom stereocenters. The molecule has 0 saturated heterocycles. The summed E-state index contributed by atoms with van der Waals surface area (Å²) in [5.74, 6) is 1.22. The minimum Gasteiger partial charge on any atom is -0.491 e. The Balaban J connectivity index is 1.70. The second kappa shape index (κ2) is 14.5. The predicted octanol–water partition coefficient (Wildman–Crippen LogP) is 7.96. The van der Waals surface area contributed by atoms with Crippen LogP contribution < -0.4 is 4.74 Å². The van der Waals surface area contributed by atoms with Gasteiger partial charge in [0.1, 0.15) is 11.9 Å². The maximum Gasteiger partial charge on any atom is 0.306 e. The van der Waals surface area contributed by atoms with Gasteiger partial charge in [0.2, 0.25) is 0 Å². The molecule has 0 bridgehead atoms. The van der Waals surface area contributed by atoms with Gasteiger partial charge >= 0.3 is 5.97 Å². The van der Waals surface area contributed by atoms with E-state index in [2.05, 4.69) is 19.1 Å². The zero-order chi connectivity index (χ0) is 21.6. The number of benzene rings is 1. The number of hydrogen-bond donors (Lipinski definition) is 0. The van der Waals surface area contributed by atoms with Gasteiger partial charge in [0.25, 0.3) is 0 Å². The normalized spacial score (nSPS) is 19.1. The molecule has 0 N–H and O–H groups in total.